The largest absolute Gasteiger partial charge is 0.372 e. The molecule has 112 valence electrons. The molecule has 1 aromatic rings. The zero-order chi connectivity index (χ0) is 14.5. The predicted octanol–water partition coefficient (Wildman–Crippen LogP) is 4.72. The monoisotopic (exact) mass is 338 g/mol. The van der Waals surface area contributed by atoms with E-state index in [0.717, 1.165) is 12.6 Å². The van der Waals surface area contributed by atoms with Gasteiger partial charge in [-0.1, -0.05) is 55.1 Å². The maximum atomic E-state index is 3.72. The van der Waals surface area contributed by atoms with E-state index < -0.39 is 0 Å². The van der Waals surface area contributed by atoms with E-state index in [1.165, 1.54) is 47.8 Å². The van der Waals surface area contributed by atoms with Crippen molar-refractivity contribution in [2.45, 2.75) is 64.6 Å². The van der Waals surface area contributed by atoms with Gasteiger partial charge in [-0.15, -0.1) is 0 Å². The molecule has 0 atom stereocenters. The minimum Gasteiger partial charge on any atom is -0.372 e. The number of nitrogens with one attached hydrogen (secondary N) is 1. The van der Waals surface area contributed by atoms with Gasteiger partial charge >= 0.3 is 0 Å². The second-order valence-electron chi connectivity index (χ2n) is 6.21. The van der Waals surface area contributed by atoms with Gasteiger partial charge in [0.15, 0.2) is 0 Å². The van der Waals surface area contributed by atoms with Gasteiger partial charge in [-0.3, -0.25) is 0 Å². The number of anilines is 1. The van der Waals surface area contributed by atoms with E-state index in [4.69, 9.17) is 0 Å². The summed E-state index contributed by atoms with van der Waals surface area (Å²) in [5.74, 6) is 0. The average molecular weight is 339 g/mol. The maximum Gasteiger partial charge on any atom is 0.0377 e. The summed E-state index contributed by atoms with van der Waals surface area (Å²) in [5.41, 5.74) is 2.66. The molecule has 0 amide bonds. The zero-order valence-electron chi connectivity index (χ0n) is 13.0. The summed E-state index contributed by atoms with van der Waals surface area (Å²) in [6, 6.07) is 8.01. The molecule has 0 radical (unpaired) electrons. The van der Waals surface area contributed by atoms with Crippen LogP contribution in [0.2, 0.25) is 0 Å². The van der Waals surface area contributed by atoms with Crippen molar-refractivity contribution < 1.29 is 0 Å². The molecule has 2 rings (SSSR count). The van der Waals surface area contributed by atoms with Crippen LogP contribution in [0.25, 0.3) is 0 Å². The lowest BCUT2D eigenvalue weighted by molar-refractivity contribution is 0.427. The smallest absolute Gasteiger partial charge is 0.0377 e. The van der Waals surface area contributed by atoms with Gasteiger partial charge in [-0.05, 0) is 30.5 Å². The SMILES string of the molecule is CC(C)NCc1ccc(N(C)C2CCCCC2)cc1Br. The van der Waals surface area contributed by atoms with Gasteiger partial charge in [0.25, 0.3) is 0 Å². The topological polar surface area (TPSA) is 15.3 Å². The fourth-order valence-corrected chi connectivity index (χ4v) is 3.40. The second kappa shape index (κ2) is 7.46. The molecule has 0 heterocycles. The molecule has 0 saturated heterocycles. The Kier molecular flexibility index (Phi) is 5.91. The molecule has 1 aromatic carbocycles. The number of hydrogen-bond donors (Lipinski definition) is 1. The van der Waals surface area contributed by atoms with E-state index in [1.54, 1.807) is 0 Å². The Labute approximate surface area is 132 Å². The fourth-order valence-electron chi connectivity index (χ4n) is 2.89. The standard InChI is InChI=1S/C17H27BrN2/c1-13(2)19-12-14-9-10-16(11-17(14)18)20(3)15-7-5-4-6-8-15/h9-11,13,15,19H,4-8,12H2,1-3H3. The Morgan fingerprint density at radius 2 is 1.95 bits per heavy atom. The van der Waals surface area contributed by atoms with Crippen LogP contribution < -0.4 is 10.2 Å². The van der Waals surface area contributed by atoms with Gasteiger partial charge in [0.1, 0.15) is 0 Å². The highest BCUT2D eigenvalue weighted by Gasteiger charge is 2.18. The molecule has 0 unspecified atom stereocenters. The molecular formula is C17H27BrN2. The molecule has 3 heteroatoms. The van der Waals surface area contributed by atoms with E-state index in [-0.39, 0.29) is 0 Å². The number of benzene rings is 1. The van der Waals surface area contributed by atoms with Crippen molar-refractivity contribution in [3.63, 3.8) is 0 Å². The van der Waals surface area contributed by atoms with Crippen molar-refractivity contribution in [3.8, 4) is 0 Å². The average Bonchev–Trinajstić information content (AvgIpc) is 2.46. The molecule has 0 aliphatic heterocycles. The van der Waals surface area contributed by atoms with E-state index >= 15 is 0 Å². The van der Waals surface area contributed by atoms with Gasteiger partial charge in [-0.2, -0.15) is 0 Å². The molecule has 20 heavy (non-hydrogen) atoms. The Morgan fingerprint density at radius 3 is 2.55 bits per heavy atom. The molecule has 1 aliphatic rings. The van der Waals surface area contributed by atoms with Crippen LogP contribution in [-0.4, -0.2) is 19.1 Å². The van der Waals surface area contributed by atoms with Gasteiger partial charge in [0.05, 0.1) is 0 Å². The van der Waals surface area contributed by atoms with Crippen LogP contribution in [-0.2, 0) is 6.54 Å². The Hall–Kier alpha value is -0.540. The Bertz CT molecular complexity index is 425. The first-order valence-electron chi connectivity index (χ1n) is 7.82. The molecule has 2 nitrogen and oxygen atoms in total. The Balaban J connectivity index is 2.03. The first kappa shape index (κ1) is 15.8. The van der Waals surface area contributed by atoms with Gasteiger partial charge in [0, 0.05) is 35.8 Å². The van der Waals surface area contributed by atoms with Crippen molar-refractivity contribution in [1.29, 1.82) is 0 Å². The zero-order valence-corrected chi connectivity index (χ0v) is 14.5. The Morgan fingerprint density at radius 1 is 1.25 bits per heavy atom. The normalized spacial score (nSPS) is 16.6. The van der Waals surface area contributed by atoms with E-state index in [9.17, 15) is 0 Å². The summed E-state index contributed by atoms with van der Waals surface area (Å²) >= 11 is 3.72. The van der Waals surface area contributed by atoms with Gasteiger partial charge in [0.2, 0.25) is 0 Å². The highest BCUT2D eigenvalue weighted by atomic mass is 79.9. The number of nitrogens with zero attached hydrogens (tertiary/aromatic N) is 1. The highest BCUT2D eigenvalue weighted by molar-refractivity contribution is 9.10. The number of halogens is 1. The molecule has 0 bridgehead atoms. The minimum absolute atomic E-state index is 0.520. The predicted molar refractivity (Wildman–Crippen MR) is 91.4 cm³/mol. The molecule has 1 fully saturated rings. The molecule has 1 aliphatic carbocycles. The van der Waals surface area contributed by atoms with Crippen molar-refractivity contribution in [1.82, 2.24) is 5.32 Å². The van der Waals surface area contributed by atoms with Gasteiger partial charge in [-0.25, -0.2) is 0 Å². The van der Waals surface area contributed by atoms with E-state index in [1.807, 2.05) is 0 Å². The lowest BCUT2D eigenvalue weighted by Crippen LogP contribution is -2.33. The molecular weight excluding hydrogens is 312 g/mol. The maximum absolute atomic E-state index is 3.72. The van der Waals surface area contributed by atoms with Crippen LogP contribution in [0, 0.1) is 0 Å². The number of hydrogen-bond acceptors (Lipinski definition) is 2. The second-order valence-corrected chi connectivity index (χ2v) is 7.07. The van der Waals surface area contributed by atoms with Crippen LogP contribution >= 0.6 is 15.9 Å². The summed E-state index contributed by atoms with van der Waals surface area (Å²) in [7, 11) is 2.24. The van der Waals surface area contributed by atoms with Crippen LogP contribution in [0.5, 0.6) is 0 Å². The van der Waals surface area contributed by atoms with Crippen LogP contribution in [0.1, 0.15) is 51.5 Å². The van der Waals surface area contributed by atoms with Crippen molar-refractivity contribution in [2.24, 2.45) is 0 Å². The minimum atomic E-state index is 0.520. The molecule has 1 saturated carbocycles. The first-order chi connectivity index (χ1) is 9.58. The summed E-state index contributed by atoms with van der Waals surface area (Å²) < 4.78 is 1.21. The van der Waals surface area contributed by atoms with Gasteiger partial charge < -0.3 is 10.2 Å². The lowest BCUT2D eigenvalue weighted by Gasteiger charge is -2.33. The van der Waals surface area contributed by atoms with Crippen molar-refractivity contribution in [2.75, 3.05) is 11.9 Å². The lowest BCUT2D eigenvalue weighted by atomic mass is 9.94. The summed E-state index contributed by atoms with van der Waals surface area (Å²) in [6.07, 6.45) is 6.85. The third kappa shape index (κ3) is 4.23. The third-order valence-corrected chi connectivity index (χ3v) is 5.01. The molecule has 0 aromatic heterocycles. The summed E-state index contributed by atoms with van der Waals surface area (Å²) in [5, 5.41) is 3.47. The third-order valence-electron chi connectivity index (χ3n) is 4.27. The summed E-state index contributed by atoms with van der Waals surface area (Å²) in [6.45, 7) is 5.28. The van der Waals surface area contributed by atoms with Crippen LogP contribution in [0.3, 0.4) is 0 Å². The van der Waals surface area contributed by atoms with E-state index in [2.05, 4.69) is 65.2 Å². The highest BCUT2D eigenvalue weighted by Crippen LogP contribution is 2.29. The van der Waals surface area contributed by atoms with Crippen LogP contribution in [0.15, 0.2) is 22.7 Å². The molecule has 0 spiro atoms. The van der Waals surface area contributed by atoms with Crippen molar-refractivity contribution in [3.05, 3.63) is 28.2 Å². The van der Waals surface area contributed by atoms with Crippen molar-refractivity contribution >= 4 is 21.6 Å². The summed E-state index contributed by atoms with van der Waals surface area (Å²) in [4.78, 5) is 2.46. The molecule has 1 N–H and O–H groups in total. The van der Waals surface area contributed by atoms with E-state index in [0.29, 0.717) is 6.04 Å². The van der Waals surface area contributed by atoms with Crippen LogP contribution in [0.4, 0.5) is 5.69 Å². The quantitative estimate of drug-likeness (QED) is 0.835. The number of rotatable bonds is 5. The first-order valence-corrected chi connectivity index (χ1v) is 8.62. The fraction of sp³-hybridized carbons (Fsp3) is 0.647.